The van der Waals surface area contributed by atoms with E-state index in [1.807, 2.05) is 30.3 Å². The monoisotopic (exact) mass is 421 g/mol. The van der Waals surface area contributed by atoms with Gasteiger partial charge in [-0.3, -0.25) is 0 Å². The van der Waals surface area contributed by atoms with Crippen LogP contribution in [0.2, 0.25) is 0 Å². The Morgan fingerprint density at radius 1 is 1.00 bits per heavy atom. The van der Waals surface area contributed by atoms with Crippen LogP contribution in [0, 0.1) is 23.4 Å². The minimum absolute atomic E-state index is 0.0167. The van der Waals surface area contributed by atoms with Crippen LogP contribution in [0.25, 0.3) is 10.8 Å². The van der Waals surface area contributed by atoms with E-state index in [9.17, 15) is 13.2 Å². The SMILES string of the molecule is NCC1Cc2cc(Br)c3ccccc3c2OC1c1cc(F)c(F)cc1F. The first-order valence-electron chi connectivity index (χ1n) is 8.21. The van der Waals surface area contributed by atoms with Crippen LogP contribution in [0.15, 0.2) is 46.9 Å². The zero-order chi connectivity index (χ0) is 18.4. The molecule has 0 spiro atoms. The first-order chi connectivity index (χ1) is 12.5. The van der Waals surface area contributed by atoms with Crippen molar-refractivity contribution in [3.8, 4) is 5.75 Å². The maximum atomic E-state index is 14.3. The molecule has 1 heterocycles. The zero-order valence-corrected chi connectivity index (χ0v) is 15.2. The molecule has 0 aliphatic carbocycles. The minimum atomic E-state index is -1.22. The van der Waals surface area contributed by atoms with Crippen LogP contribution >= 0.6 is 15.9 Å². The first kappa shape index (κ1) is 17.4. The van der Waals surface area contributed by atoms with E-state index < -0.39 is 23.6 Å². The topological polar surface area (TPSA) is 35.2 Å². The van der Waals surface area contributed by atoms with Gasteiger partial charge in [0.15, 0.2) is 11.6 Å². The predicted octanol–water partition coefficient (Wildman–Crippen LogP) is 5.27. The molecule has 0 aromatic heterocycles. The van der Waals surface area contributed by atoms with Gasteiger partial charge in [0.25, 0.3) is 0 Å². The van der Waals surface area contributed by atoms with Gasteiger partial charge in [0.05, 0.1) is 0 Å². The van der Waals surface area contributed by atoms with Crippen LogP contribution in [0.4, 0.5) is 13.2 Å². The Morgan fingerprint density at radius 2 is 1.69 bits per heavy atom. The maximum absolute atomic E-state index is 14.3. The lowest BCUT2D eigenvalue weighted by Gasteiger charge is -2.34. The molecule has 3 aromatic carbocycles. The van der Waals surface area contributed by atoms with Crippen molar-refractivity contribution in [1.82, 2.24) is 0 Å². The second-order valence-electron chi connectivity index (χ2n) is 6.42. The molecular formula is C20H15BrF3NO. The highest BCUT2D eigenvalue weighted by molar-refractivity contribution is 9.10. The molecule has 0 fully saturated rings. The second kappa shape index (κ2) is 6.59. The first-order valence-corrected chi connectivity index (χ1v) is 9.00. The summed E-state index contributed by atoms with van der Waals surface area (Å²) in [6.07, 6.45) is -0.231. The Bertz CT molecular complexity index is 1010. The summed E-state index contributed by atoms with van der Waals surface area (Å²) in [4.78, 5) is 0. The second-order valence-corrected chi connectivity index (χ2v) is 7.27. The standard InChI is InChI=1S/C20H15BrF3NO/c21-15-6-10-5-11(9-25)20(14-7-17(23)18(24)8-16(14)22)26-19(10)13-4-2-1-3-12(13)15/h1-4,6-8,11,20H,5,9,25H2. The van der Waals surface area contributed by atoms with Crippen molar-refractivity contribution < 1.29 is 17.9 Å². The lowest BCUT2D eigenvalue weighted by molar-refractivity contribution is 0.115. The Labute approximate surface area is 156 Å². The number of benzene rings is 3. The van der Waals surface area contributed by atoms with Gasteiger partial charge in [-0.1, -0.05) is 40.2 Å². The number of hydrogen-bond donors (Lipinski definition) is 1. The van der Waals surface area contributed by atoms with Gasteiger partial charge in [-0.25, -0.2) is 13.2 Å². The molecule has 6 heteroatoms. The van der Waals surface area contributed by atoms with E-state index in [0.717, 1.165) is 26.9 Å². The number of hydrogen-bond acceptors (Lipinski definition) is 2. The summed E-state index contributed by atoms with van der Waals surface area (Å²) in [6, 6.07) is 11.1. The molecule has 0 saturated carbocycles. The molecule has 0 saturated heterocycles. The van der Waals surface area contributed by atoms with E-state index in [4.69, 9.17) is 10.5 Å². The Kier molecular flexibility index (Phi) is 4.40. The van der Waals surface area contributed by atoms with E-state index >= 15 is 0 Å². The molecule has 2 nitrogen and oxygen atoms in total. The van der Waals surface area contributed by atoms with Crippen LogP contribution in [-0.2, 0) is 6.42 Å². The van der Waals surface area contributed by atoms with Gasteiger partial charge in [-0.05, 0) is 36.0 Å². The minimum Gasteiger partial charge on any atom is -0.484 e. The van der Waals surface area contributed by atoms with E-state index in [-0.39, 0.29) is 18.0 Å². The van der Waals surface area contributed by atoms with Crippen LogP contribution in [0.3, 0.4) is 0 Å². The van der Waals surface area contributed by atoms with Gasteiger partial charge in [0.2, 0.25) is 0 Å². The summed E-state index contributed by atoms with van der Waals surface area (Å²) in [5, 5.41) is 1.84. The largest absolute Gasteiger partial charge is 0.484 e. The fourth-order valence-corrected chi connectivity index (χ4v) is 4.16. The molecule has 2 atom stereocenters. The summed E-state index contributed by atoms with van der Waals surface area (Å²) >= 11 is 3.57. The lowest BCUT2D eigenvalue weighted by Crippen LogP contribution is -2.32. The lowest BCUT2D eigenvalue weighted by atomic mass is 9.85. The summed E-state index contributed by atoms with van der Waals surface area (Å²) in [5.74, 6) is -2.79. The summed E-state index contributed by atoms with van der Waals surface area (Å²) in [6.45, 7) is 0.229. The molecule has 1 aliphatic heterocycles. The number of ether oxygens (including phenoxy) is 1. The molecule has 3 aromatic rings. The average Bonchev–Trinajstić information content (AvgIpc) is 2.64. The molecule has 134 valence electrons. The summed E-state index contributed by atoms with van der Waals surface area (Å²) < 4.78 is 48.4. The highest BCUT2D eigenvalue weighted by Gasteiger charge is 2.34. The Morgan fingerprint density at radius 3 is 2.42 bits per heavy atom. The highest BCUT2D eigenvalue weighted by atomic mass is 79.9. The van der Waals surface area contributed by atoms with Crippen molar-refractivity contribution in [3.05, 3.63) is 75.5 Å². The Hall–Kier alpha value is -2.05. The van der Waals surface area contributed by atoms with Gasteiger partial charge < -0.3 is 10.5 Å². The number of rotatable bonds is 2. The van der Waals surface area contributed by atoms with E-state index in [0.29, 0.717) is 18.2 Å². The molecular weight excluding hydrogens is 407 g/mol. The van der Waals surface area contributed by atoms with Crippen LogP contribution in [0.5, 0.6) is 5.75 Å². The quantitative estimate of drug-likeness (QED) is 0.572. The van der Waals surface area contributed by atoms with Crippen molar-refractivity contribution in [2.75, 3.05) is 6.54 Å². The fraction of sp³-hybridized carbons (Fsp3) is 0.200. The van der Waals surface area contributed by atoms with Crippen molar-refractivity contribution in [2.45, 2.75) is 12.5 Å². The van der Waals surface area contributed by atoms with Crippen LogP contribution in [-0.4, -0.2) is 6.54 Å². The van der Waals surface area contributed by atoms with Gasteiger partial charge >= 0.3 is 0 Å². The molecule has 2 unspecified atom stereocenters. The smallest absolute Gasteiger partial charge is 0.161 e. The van der Waals surface area contributed by atoms with Crippen molar-refractivity contribution >= 4 is 26.7 Å². The molecule has 2 N–H and O–H groups in total. The molecule has 0 amide bonds. The maximum Gasteiger partial charge on any atom is 0.161 e. The average molecular weight is 422 g/mol. The van der Waals surface area contributed by atoms with E-state index in [1.165, 1.54) is 0 Å². The van der Waals surface area contributed by atoms with Gasteiger partial charge in [0.1, 0.15) is 17.7 Å². The van der Waals surface area contributed by atoms with Crippen molar-refractivity contribution in [2.24, 2.45) is 11.7 Å². The van der Waals surface area contributed by atoms with E-state index in [2.05, 4.69) is 15.9 Å². The normalized spacial score (nSPS) is 19.3. The van der Waals surface area contributed by atoms with Gasteiger partial charge in [-0.2, -0.15) is 0 Å². The summed E-state index contributed by atoms with van der Waals surface area (Å²) in [5.41, 5.74) is 6.81. The third-order valence-corrected chi connectivity index (χ3v) is 5.48. The van der Waals surface area contributed by atoms with E-state index in [1.54, 1.807) is 0 Å². The molecule has 4 rings (SSSR count). The fourth-order valence-electron chi connectivity index (χ4n) is 3.54. The third kappa shape index (κ3) is 2.77. The molecule has 1 aliphatic rings. The third-order valence-electron chi connectivity index (χ3n) is 4.83. The molecule has 26 heavy (non-hydrogen) atoms. The predicted molar refractivity (Wildman–Crippen MR) is 97.6 cm³/mol. The molecule has 0 radical (unpaired) electrons. The van der Waals surface area contributed by atoms with Crippen molar-refractivity contribution in [1.29, 1.82) is 0 Å². The number of fused-ring (bicyclic) bond motifs is 3. The molecule has 0 bridgehead atoms. The number of nitrogens with two attached hydrogens (primary N) is 1. The van der Waals surface area contributed by atoms with Gasteiger partial charge in [0, 0.05) is 27.4 Å². The zero-order valence-electron chi connectivity index (χ0n) is 13.6. The van der Waals surface area contributed by atoms with Crippen molar-refractivity contribution in [3.63, 3.8) is 0 Å². The Balaban J connectivity index is 1.88. The van der Waals surface area contributed by atoms with Gasteiger partial charge in [-0.15, -0.1) is 0 Å². The van der Waals surface area contributed by atoms with Crippen LogP contribution < -0.4 is 10.5 Å². The number of halogens is 4. The summed E-state index contributed by atoms with van der Waals surface area (Å²) in [7, 11) is 0. The van der Waals surface area contributed by atoms with Crippen LogP contribution in [0.1, 0.15) is 17.2 Å². The highest BCUT2D eigenvalue weighted by Crippen LogP contribution is 2.45.